The quantitative estimate of drug-likeness (QED) is 0.516. The van der Waals surface area contributed by atoms with Crippen LogP contribution in [-0.4, -0.2) is 86.8 Å². The fourth-order valence-electron chi connectivity index (χ4n) is 3.52. The van der Waals surface area contributed by atoms with Crippen LogP contribution in [0.3, 0.4) is 0 Å². The first-order valence-electron chi connectivity index (χ1n) is 9.79. The molecule has 142 valence electrons. The van der Waals surface area contributed by atoms with Crippen molar-refractivity contribution in [2.75, 3.05) is 52.6 Å². The summed E-state index contributed by atoms with van der Waals surface area (Å²) in [5.41, 5.74) is 2.72. The van der Waals surface area contributed by atoms with Gasteiger partial charge in [-0.2, -0.15) is 0 Å². The maximum Gasteiger partial charge on any atom is 0.0936 e. The summed E-state index contributed by atoms with van der Waals surface area (Å²) in [6.07, 6.45) is 1.71. The van der Waals surface area contributed by atoms with Crippen LogP contribution in [0, 0.1) is 0 Å². The molecule has 0 aliphatic carbocycles. The molecular formula is C20H28N2O4. The molecule has 4 fully saturated rings. The molecule has 0 amide bonds. The normalized spacial score (nSPS) is 31.5. The van der Waals surface area contributed by atoms with E-state index >= 15 is 0 Å². The number of epoxide rings is 4. The van der Waals surface area contributed by atoms with Crippen LogP contribution in [0.25, 0.3) is 0 Å². The number of benzene rings is 1. The Bertz CT molecular complexity index is 513. The third-order valence-electron chi connectivity index (χ3n) is 5.29. The van der Waals surface area contributed by atoms with Crippen molar-refractivity contribution in [1.82, 2.24) is 9.80 Å². The molecule has 4 atom stereocenters. The van der Waals surface area contributed by atoms with Gasteiger partial charge in [-0.3, -0.25) is 9.80 Å². The molecule has 4 saturated heterocycles. The van der Waals surface area contributed by atoms with Crippen molar-refractivity contribution in [3.05, 3.63) is 35.4 Å². The molecule has 5 rings (SSSR count). The Morgan fingerprint density at radius 1 is 0.577 bits per heavy atom. The van der Waals surface area contributed by atoms with Crippen LogP contribution in [0.4, 0.5) is 0 Å². The first kappa shape index (κ1) is 17.1. The van der Waals surface area contributed by atoms with Crippen molar-refractivity contribution in [3.8, 4) is 0 Å². The van der Waals surface area contributed by atoms with Crippen LogP contribution in [0.15, 0.2) is 24.3 Å². The molecule has 4 heterocycles. The van der Waals surface area contributed by atoms with Crippen LogP contribution < -0.4 is 0 Å². The third kappa shape index (κ3) is 5.49. The Morgan fingerprint density at radius 3 is 1.08 bits per heavy atom. The van der Waals surface area contributed by atoms with Gasteiger partial charge in [-0.05, 0) is 11.1 Å². The first-order valence-corrected chi connectivity index (χ1v) is 9.79. The van der Waals surface area contributed by atoms with Gasteiger partial charge in [-0.15, -0.1) is 0 Å². The Labute approximate surface area is 154 Å². The van der Waals surface area contributed by atoms with Crippen molar-refractivity contribution in [2.24, 2.45) is 0 Å². The lowest BCUT2D eigenvalue weighted by molar-refractivity contribution is 0.211. The van der Waals surface area contributed by atoms with E-state index < -0.39 is 0 Å². The van der Waals surface area contributed by atoms with Crippen LogP contribution in [-0.2, 0) is 32.0 Å². The van der Waals surface area contributed by atoms with Crippen molar-refractivity contribution in [1.29, 1.82) is 0 Å². The lowest BCUT2D eigenvalue weighted by Gasteiger charge is -2.22. The zero-order chi connectivity index (χ0) is 17.3. The van der Waals surface area contributed by atoms with Crippen LogP contribution in [0.1, 0.15) is 11.1 Å². The van der Waals surface area contributed by atoms with E-state index in [0.717, 1.165) is 65.7 Å². The summed E-state index contributed by atoms with van der Waals surface area (Å²) < 4.78 is 21.6. The molecule has 4 aliphatic heterocycles. The molecule has 0 aromatic heterocycles. The van der Waals surface area contributed by atoms with Gasteiger partial charge in [-0.1, -0.05) is 24.3 Å². The summed E-state index contributed by atoms with van der Waals surface area (Å²) in [5.74, 6) is 0. The van der Waals surface area contributed by atoms with Crippen LogP contribution >= 0.6 is 0 Å². The lowest BCUT2D eigenvalue weighted by Crippen LogP contribution is -2.31. The van der Waals surface area contributed by atoms with Crippen molar-refractivity contribution < 1.29 is 18.9 Å². The van der Waals surface area contributed by atoms with Gasteiger partial charge in [0, 0.05) is 39.3 Å². The molecule has 0 radical (unpaired) electrons. The number of hydrogen-bond acceptors (Lipinski definition) is 6. The molecule has 4 unspecified atom stereocenters. The first-order chi connectivity index (χ1) is 12.8. The second kappa shape index (κ2) is 7.54. The van der Waals surface area contributed by atoms with Gasteiger partial charge in [0.15, 0.2) is 0 Å². The van der Waals surface area contributed by atoms with Gasteiger partial charge >= 0.3 is 0 Å². The average Bonchev–Trinajstić information content (AvgIpc) is 3.40. The molecule has 0 spiro atoms. The van der Waals surface area contributed by atoms with Crippen LogP contribution in [0.5, 0.6) is 0 Å². The van der Waals surface area contributed by atoms with E-state index in [1.54, 1.807) is 0 Å². The van der Waals surface area contributed by atoms with Gasteiger partial charge in [0.2, 0.25) is 0 Å². The number of hydrogen-bond donors (Lipinski definition) is 0. The maximum absolute atomic E-state index is 5.41. The average molecular weight is 360 g/mol. The van der Waals surface area contributed by atoms with E-state index in [9.17, 15) is 0 Å². The highest BCUT2D eigenvalue weighted by Crippen LogP contribution is 2.20. The molecule has 26 heavy (non-hydrogen) atoms. The SMILES string of the molecule is c1cc(CN(CC2CO2)CC2CO2)ccc1CN(CC1CO1)CC1CO1. The molecule has 4 aliphatic rings. The Hall–Kier alpha value is -1.02. The van der Waals surface area contributed by atoms with Crippen molar-refractivity contribution in [2.45, 2.75) is 37.5 Å². The summed E-state index contributed by atoms with van der Waals surface area (Å²) in [4.78, 5) is 4.93. The predicted molar refractivity (Wildman–Crippen MR) is 96.0 cm³/mol. The Morgan fingerprint density at radius 2 is 0.846 bits per heavy atom. The molecule has 0 bridgehead atoms. The topological polar surface area (TPSA) is 56.6 Å². The molecule has 1 aromatic carbocycles. The number of ether oxygens (including phenoxy) is 4. The van der Waals surface area contributed by atoms with Gasteiger partial charge in [0.25, 0.3) is 0 Å². The monoisotopic (exact) mass is 360 g/mol. The predicted octanol–water partition coefficient (Wildman–Crippen LogP) is 0.886. The molecule has 1 aromatic rings. The third-order valence-corrected chi connectivity index (χ3v) is 5.29. The fourth-order valence-corrected chi connectivity index (χ4v) is 3.52. The summed E-state index contributed by atoms with van der Waals surface area (Å²) in [7, 11) is 0. The van der Waals surface area contributed by atoms with E-state index in [-0.39, 0.29) is 0 Å². The number of nitrogens with zero attached hydrogens (tertiary/aromatic N) is 2. The second-order valence-corrected chi connectivity index (χ2v) is 8.03. The highest BCUT2D eigenvalue weighted by Gasteiger charge is 2.31. The summed E-state index contributed by atoms with van der Waals surface area (Å²) >= 11 is 0. The minimum Gasteiger partial charge on any atom is -0.372 e. The van der Waals surface area contributed by atoms with Crippen molar-refractivity contribution in [3.63, 3.8) is 0 Å². The molecule has 6 nitrogen and oxygen atoms in total. The zero-order valence-corrected chi connectivity index (χ0v) is 15.2. The summed E-state index contributed by atoms with van der Waals surface area (Å²) in [6, 6.07) is 9.07. The van der Waals surface area contributed by atoms with E-state index in [2.05, 4.69) is 34.1 Å². The minimum atomic E-state index is 0.427. The minimum absolute atomic E-state index is 0.427. The smallest absolute Gasteiger partial charge is 0.0936 e. The summed E-state index contributed by atoms with van der Waals surface area (Å²) in [6.45, 7) is 9.62. The van der Waals surface area contributed by atoms with Gasteiger partial charge in [0.05, 0.1) is 50.8 Å². The van der Waals surface area contributed by atoms with Crippen LogP contribution in [0.2, 0.25) is 0 Å². The summed E-state index contributed by atoms with van der Waals surface area (Å²) in [5, 5.41) is 0. The highest BCUT2D eigenvalue weighted by molar-refractivity contribution is 5.22. The number of rotatable bonds is 12. The van der Waals surface area contributed by atoms with E-state index in [4.69, 9.17) is 18.9 Å². The fraction of sp³-hybridized carbons (Fsp3) is 0.700. The molecular weight excluding hydrogens is 332 g/mol. The highest BCUT2D eigenvalue weighted by atomic mass is 16.6. The van der Waals surface area contributed by atoms with E-state index in [0.29, 0.717) is 24.4 Å². The molecule has 6 heteroatoms. The van der Waals surface area contributed by atoms with E-state index in [1.165, 1.54) is 11.1 Å². The Kier molecular flexibility index (Phi) is 4.96. The van der Waals surface area contributed by atoms with Gasteiger partial charge in [0.1, 0.15) is 0 Å². The van der Waals surface area contributed by atoms with E-state index in [1.807, 2.05) is 0 Å². The maximum atomic E-state index is 5.41. The van der Waals surface area contributed by atoms with Gasteiger partial charge < -0.3 is 18.9 Å². The largest absolute Gasteiger partial charge is 0.372 e. The Balaban J connectivity index is 1.15. The van der Waals surface area contributed by atoms with Gasteiger partial charge in [-0.25, -0.2) is 0 Å². The standard InChI is InChI=1S/C20H28N2O4/c1-2-16(6-22(9-19-13-25-19)10-20-14-26-20)4-3-15(1)5-21(7-17-11-23-17)8-18-12-24-18/h1-4,17-20H,5-14H2. The second-order valence-electron chi connectivity index (χ2n) is 8.03. The zero-order valence-electron chi connectivity index (χ0n) is 15.2. The lowest BCUT2D eigenvalue weighted by atomic mass is 10.1. The van der Waals surface area contributed by atoms with Crippen molar-refractivity contribution >= 4 is 0 Å². The molecule has 0 saturated carbocycles. The molecule has 0 N–H and O–H groups in total.